The predicted octanol–water partition coefficient (Wildman–Crippen LogP) is 5.51. The number of halogens is 3. The summed E-state index contributed by atoms with van der Waals surface area (Å²) >= 11 is 0. The van der Waals surface area contributed by atoms with E-state index in [9.17, 15) is 18.0 Å². The van der Waals surface area contributed by atoms with Gasteiger partial charge in [-0.25, -0.2) is 15.0 Å². The van der Waals surface area contributed by atoms with Crippen LogP contribution in [0.3, 0.4) is 0 Å². The van der Waals surface area contributed by atoms with Crippen molar-refractivity contribution in [1.29, 1.82) is 0 Å². The zero-order valence-corrected chi connectivity index (χ0v) is 21.8. The smallest absolute Gasteiger partial charge is 0.383 e. The summed E-state index contributed by atoms with van der Waals surface area (Å²) in [4.78, 5) is 25.6. The maximum atomic E-state index is 13.6. The molecule has 0 aliphatic heterocycles. The minimum absolute atomic E-state index is 0.146. The molecule has 202 valence electrons. The largest absolute Gasteiger partial charge is 0.416 e. The van der Waals surface area contributed by atoms with Crippen molar-refractivity contribution >= 4 is 28.4 Å². The molecule has 0 fully saturated rings. The third-order valence-electron chi connectivity index (χ3n) is 6.37. The summed E-state index contributed by atoms with van der Waals surface area (Å²) < 4.78 is 44.3. The van der Waals surface area contributed by atoms with Crippen LogP contribution in [0.4, 0.5) is 24.7 Å². The summed E-state index contributed by atoms with van der Waals surface area (Å²) in [5, 5.41) is 3.36. The number of nitrogens with zero attached hydrogens (tertiary/aromatic N) is 5. The first-order chi connectivity index (χ1) is 19.0. The van der Waals surface area contributed by atoms with Gasteiger partial charge in [0.2, 0.25) is 0 Å². The number of nitrogens with two attached hydrogens (primary N) is 1. The summed E-state index contributed by atoms with van der Waals surface area (Å²) in [6.07, 6.45) is 1.61. The Morgan fingerprint density at radius 2 is 1.80 bits per heavy atom. The molecule has 0 saturated heterocycles. The van der Waals surface area contributed by atoms with Gasteiger partial charge in [-0.1, -0.05) is 17.9 Å². The van der Waals surface area contributed by atoms with E-state index in [1.165, 1.54) is 23.3 Å². The number of amides is 1. The molecule has 0 aliphatic rings. The Kier molecular flexibility index (Phi) is 6.77. The molecule has 0 bridgehead atoms. The average molecular weight is 544 g/mol. The number of hydrogen-bond acceptors (Lipinski definition) is 5. The zero-order chi connectivity index (χ0) is 28.6. The van der Waals surface area contributed by atoms with Crippen LogP contribution >= 0.6 is 0 Å². The van der Waals surface area contributed by atoms with Gasteiger partial charge in [0.25, 0.3) is 5.91 Å². The van der Waals surface area contributed by atoms with Crippen molar-refractivity contribution < 1.29 is 18.0 Å². The number of nitrogens with one attached hydrogen (secondary N) is 1. The van der Waals surface area contributed by atoms with Gasteiger partial charge >= 0.3 is 6.18 Å². The first kappa shape index (κ1) is 26.5. The first-order valence-corrected chi connectivity index (χ1v) is 12.3. The molecule has 5 rings (SSSR count). The third-order valence-corrected chi connectivity index (χ3v) is 6.37. The van der Waals surface area contributed by atoms with Gasteiger partial charge in [-0.15, -0.1) is 0 Å². The molecule has 0 aliphatic carbocycles. The molecule has 11 heteroatoms. The van der Waals surface area contributed by atoms with E-state index in [1.54, 1.807) is 31.3 Å². The molecular weight excluding hydrogens is 519 g/mol. The van der Waals surface area contributed by atoms with Crippen LogP contribution < -0.4 is 11.1 Å². The Balaban J connectivity index is 1.47. The lowest BCUT2D eigenvalue weighted by Gasteiger charge is -2.13. The lowest BCUT2D eigenvalue weighted by molar-refractivity contribution is -0.137. The van der Waals surface area contributed by atoms with Crippen LogP contribution in [0.25, 0.3) is 16.7 Å². The maximum Gasteiger partial charge on any atom is 0.416 e. The van der Waals surface area contributed by atoms with Gasteiger partial charge in [0.1, 0.15) is 17.8 Å². The molecule has 2 aromatic carbocycles. The average Bonchev–Trinajstić information content (AvgIpc) is 3.52. The second kappa shape index (κ2) is 10.2. The second-order valence-corrected chi connectivity index (χ2v) is 9.21. The summed E-state index contributed by atoms with van der Waals surface area (Å²) in [7, 11) is 0. The van der Waals surface area contributed by atoms with Crippen molar-refractivity contribution in [2.45, 2.75) is 33.5 Å². The van der Waals surface area contributed by atoms with Crippen LogP contribution in [0, 0.1) is 25.7 Å². The molecule has 0 saturated carbocycles. The molecule has 8 nitrogen and oxygen atoms in total. The van der Waals surface area contributed by atoms with E-state index in [0.717, 1.165) is 17.7 Å². The van der Waals surface area contributed by atoms with E-state index in [2.05, 4.69) is 32.1 Å². The third kappa shape index (κ3) is 5.24. The number of rotatable bonds is 4. The van der Waals surface area contributed by atoms with Crippen molar-refractivity contribution in [1.82, 2.24) is 24.1 Å². The summed E-state index contributed by atoms with van der Waals surface area (Å²) in [5.74, 6) is 5.88. The molecule has 0 unspecified atom stereocenters. The van der Waals surface area contributed by atoms with Gasteiger partial charge in [-0.05, 0) is 56.7 Å². The fourth-order valence-corrected chi connectivity index (χ4v) is 4.27. The Morgan fingerprint density at radius 3 is 2.50 bits per heavy atom. The predicted molar refractivity (Wildman–Crippen MR) is 146 cm³/mol. The minimum Gasteiger partial charge on any atom is -0.383 e. The highest BCUT2D eigenvalue weighted by Crippen LogP contribution is 2.32. The lowest BCUT2D eigenvalue weighted by Crippen LogP contribution is -2.15. The van der Waals surface area contributed by atoms with E-state index in [0.29, 0.717) is 45.9 Å². The molecule has 40 heavy (non-hydrogen) atoms. The summed E-state index contributed by atoms with van der Waals surface area (Å²) in [6.45, 7) is 6.25. The van der Waals surface area contributed by atoms with E-state index < -0.39 is 17.6 Å². The van der Waals surface area contributed by atoms with E-state index in [4.69, 9.17) is 5.73 Å². The van der Waals surface area contributed by atoms with Crippen LogP contribution in [0.5, 0.6) is 0 Å². The highest BCUT2D eigenvalue weighted by atomic mass is 19.4. The fourth-order valence-electron chi connectivity index (χ4n) is 4.27. The van der Waals surface area contributed by atoms with E-state index in [-0.39, 0.29) is 11.3 Å². The van der Waals surface area contributed by atoms with Crippen molar-refractivity contribution in [2.24, 2.45) is 0 Å². The molecular formula is C29H24F3N7O. The Bertz CT molecular complexity index is 1820. The van der Waals surface area contributed by atoms with Gasteiger partial charge in [0.15, 0.2) is 0 Å². The normalized spacial score (nSPS) is 11.3. The number of fused-ring (bicyclic) bond motifs is 1. The first-order valence-electron chi connectivity index (χ1n) is 12.3. The van der Waals surface area contributed by atoms with Crippen molar-refractivity contribution in [3.8, 4) is 17.5 Å². The molecule has 0 spiro atoms. The Hall–Kier alpha value is -5.11. The second-order valence-electron chi connectivity index (χ2n) is 9.21. The number of carbonyl (C=O) groups is 1. The number of hydrogen-bond donors (Lipinski definition) is 2. The highest BCUT2D eigenvalue weighted by Gasteiger charge is 2.32. The maximum absolute atomic E-state index is 13.6. The van der Waals surface area contributed by atoms with Crippen molar-refractivity contribution in [3.63, 3.8) is 0 Å². The number of anilines is 2. The summed E-state index contributed by atoms with van der Waals surface area (Å²) in [5.41, 5.74) is 9.02. The van der Waals surface area contributed by atoms with Crippen molar-refractivity contribution in [3.05, 3.63) is 95.0 Å². The molecule has 3 heterocycles. The zero-order valence-electron chi connectivity index (χ0n) is 21.8. The standard InChI is InChI=1S/C29H24F3N7O/c1-4-38-14-20(25-26(33)34-15-35-27(25)38)7-6-19-10-23(8-5-17(19)2)37-28(40)21-9-22(29(30,31)32)12-24(11-21)39-13-18(3)36-16-39/h5,8-16H,4H2,1-3H3,(H,37,40)(H2,33,34,35). The number of nitrogen functional groups attached to an aromatic ring is 1. The van der Waals surface area contributed by atoms with Gasteiger partial charge in [-0.3, -0.25) is 4.79 Å². The van der Waals surface area contributed by atoms with Crippen LogP contribution in [0.15, 0.2) is 61.4 Å². The Morgan fingerprint density at radius 1 is 1.02 bits per heavy atom. The van der Waals surface area contributed by atoms with Crippen LogP contribution in [-0.2, 0) is 12.7 Å². The van der Waals surface area contributed by atoms with Gasteiger partial charge in [0.05, 0.1) is 28.5 Å². The van der Waals surface area contributed by atoms with Crippen LogP contribution in [-0.4, -0.2) is 30.0 Å². The lowest BCUT2D eigenvalue weighted by atomic mass is 10.1. The number of carbonyl (C=O) groups excluding carboxylic acids is 1. The quantitative estimate of drug-likeness (QED) is 0.291. The minimum atomic E-state index is -4.64. The van der Waals surface area contributed by atoms with Gasteiger partial charge in [-0.2, -0.15) is 13.2 Å². The summed E-state index contributed by atoms with van der Waals surface area (Å²) in [6, 6.07) is 8.31. The SMILES string of the molecule is CCn1cc(C#Cc2cc(NC(=O)c3cc(-n4cnc(C)c4)cc(C(F)(F)F)c3)ccc2C)c2c(N)ncnc21. The molecule has 1 amide bonds. The number of imidazole rings is 1. The number of alkyl halides is 3. The molecule has 3 N–H and O–H groups in total. The number of benzene rings is 2. The molecule has 0 atom stereocenters. The number of aromatic nitrogens is 5. The van der Waals surface area contributed by atoms with E-state index in [1.807, 2.05) is 24.6 Å². The van der Waals surface area contributed by atoms with Gasteiger partial charge < -0.3 is 20.2 Å². The highest BCUT2D eigenvalue weighted by molar-refractivity contribution is 6.05. The Labute approximate surface area is 227 Å². The molecule has 0 radical (unpaired) electrons. The number of aryl methyl sites for hydroxylation is 3. The monoisotopic (exact) mass is 543 g/mol. The fraction of sp³-hybridized carbons (Fsp3) is 0.172. The molecule has 3 aromatic heterocycles. The van der Waals surface area contributed by atoms with Crippen LogP contribution in [0.2, 0.25) is 0 Å². The topological polar surface area (TPSA) is 104 Å². The van der Waals surface area contributed by atoms with Crippen molar-refractivity contribution in [2.75, 3.05) is 11.1 Å². The van der Waals surface area contributed by atoms with Gasteiger partial charge in [0, 0.05) is 41.4 Å². The van der Waals surface area contributed by atoms with Crippen LogP contribution in [0.1, 0.15) is 45.2 Å². The van der Waals surface area contributed by atoms with E-state index >= 15 is 0 Å². The molecule has 5 aromatic rings.